The van der Waals surface area contributed by atoms with Crippen molar-refractivity contribution in [2.24, 2.45) is 0 Å². The molecule has 0 aliphatic rings. The van der Waals surface area contributed by atoms with E-state index in [2.05, 4.69) is 25.6 Å². The van der Waals surface area contributed by atoms with E-state index in [0.717, 1.165) is 24.0 Å². The molecule has 0 fully saturated rings. The monoisotopic (exact) mass is 344 g/mol. The van der Waals surface area contributed by atoms with Gasteiger partial charge in [0.1, 0.15) is 10.7 Å². The third-order valence-corrected chi connectivity index (χ3v) is 4.38. The fourth-order valence-corrected chi connectivity index (χ4v) is 2.98. The molecule has 2 rings (SSSR count). The molecule has 0 aliphatic carbocycles. The molecule has 0 saturated carbocycles. The minimum atomic E-state index is -3.86. The number of nitrogens with one attached hydrogen (secondary N) is 1. The van der Waals surface area contributed by atoms with Crippen LogP contribution in [0.3, 0.4) is 0 Å². The predicted octanol–water partition coefficient (Wildman–Crippen LogP) is 3.09. The van der Waals surface area contributed by atoms with E-state index in [9.17, 15) is 12.8 Å². The molecule has 0 atom stereocenters. The normalized spacial score (nSPS) is 11.3. The van der Waals surface area contributed by atoms with Gasteiger partial charge in [-0.25, -0.2) is 12.8 Å². The van der Waals surface area contributed by atoms with Crippen LogP contribution in [0.1, 0.15) is 5.56 Å². The molecule has 0 radical (unpaired) electrons. The molecule has 7 heteroatoms. The maximum Gasteiger partial charge on any atom is 0.263 e. The molecule has 0 spiro atoms. The molecule has 1 aromatic carbocycles. The Kier molecular flexibility index (Phi) is 3.86. The SMILES string of the molecule is Cc1ccc(Br)c(NS(=O)(=O)c2cncc(F)c2)c1. The lowest BCUT2D eigenvalue weighted by molar-refractivity contribution is 0.592. The van der Waals surface area contributed by atoms with Gasteiger partial charge in [-0.15, -0.1) is 0 Å². The number of hydrogen-bond acceptors (Lipinski definition) is 3. The molecular formula is C12H10BrFN2O2S. The van der Waals surface area contributed by atoms with Crippen LogP contribution < -0.4 is 4.72 Å². The van der Waals surface area contributed by atoms with Gasteiger partial charge in [0.25, 0.3) is 10.0 Å². The second-order valence-corrected chi connectivity index (χ2v) is 6.46. The molecule has 0 amide bonds. The number of aryl methyl sites for hydroxylation is 1. The van der Waals surface area contributed by atoms with Crippen LogP contribution in [0.5, 0.6) is 0 Å². The van der Waals surface area contributed by atoms with Crippen LogP contribution in [0.15, 0.2) is 46.0 Å². The summed E-state index contributed by atoms with van der Waals surface area (Å²) in [5, 5.41) is 0. The van der Waals surface area contributed by atoms with Gasteiger partial charge in [0, 0.05) is 10.7 Å². The minimum absolute atomic E-state index is 0.221. The van der Waals surface area contributed by atoms with Gasteiger partial charge in [-0.05, 0) is 46.6 Å². The highest BCUT2D eigenvalue weighted by molar-refractivity contribution is 9.10. The van der Waals surface area contributed by atoms with Gasteiger partial charge in [0.15, 0.2) is 0 Å². The summed E-state index contributed by atoms with van der Waals surface area (Å²) in [5.74, 6) is -0.703. The third kappa shape index (κ3) is 3.30. The Morgan fingerprint density at radius 1 is 1.26 bits per heavy atom. The minimum Gasteiger partial charge on any atom is -0.278 e. The number of sulfonamides is 1. The summed E-state index contributed by atoms with van der Waals surface area (Å²) in [4.78, 5) is 3.30. The third-order valence-electron chi connectivity index (χ3n) is 2.36. The first kappa shape index (κ1) is 14.0. The summed E-state index contributed by atoms with van der Waals surface area (Å²) in [6.07, 6.45) is 2.04. The molecule has 1 aromatic heterocycles. The largest absolute Gasteiger partial charge is 0.278 e. The number of pyridine rings is 1. The number of rotatable bonds is 3. The first-order valence-corrected chi connectivity index (χ1v) is 7.55. The smallest absolute Gasteiger partial charge is 0.263 e. The van der Waals surface area contributed by atoms with E-state index in [1.807, 2.05) is 13.0 Å². The van der Waals surface area contributed by atoms with Crippen LogP contribution >= 0.6 is 15.9 Å². The Morgan fingerprint density at radius 3 is 2.68 bits per heavy atom. The molecule has 4 nitrogen and oxygen atoms in total. The summed E-state index contributed by atoms with van der Waals surface area (Å²) < 4.78 is 40.2. The number of nitrogens with zero attached hydrogens (tertiary/aromatic N) is 1. The van der Waals surface area contributed by atoms with Gasteiger partial charge in [0.2, 0.25) is 0 Å². The van der Waals surface area contributed by atoms with Crippen molar-refractivity contribution in [2.75, 3.05) is 4.72 Å². The Labute approximate surface area is 118 Å². The van der Waals surface area contributed by atoms with E-state index in [0.29, 0.717) is 10.2 Å². The molecule has 0 aliphatic heterocycles. The van der Waals surface area contributed by atoms with Crippen molar-refractivity contribution in [3.05, 3.63) is 52.5 Å². The quantitative estimate of drug-likeness (QED) is 0.930. The average molecular weight is 345 g/mol. The fourth-order valence-electron chi connectivity index (χ4n) is 1.46. The van der Waals surface area contributed by atoms with Crippen molar-refractivity contribution in [2.45, 2.75) is 11.8 Å². The summed E-state index contributed by atoms with van der Waals surface area (Å²) in [5.41, 5.74) is 1.29. The molecule has 2 aromatic rings. The zero-order valence-electron chi connectivity index (χ0n) is 9.89. The van der Waals surface area contributed by atoms with Crippen LogP contribution in [-0.4, -0.2) is 13.4 Å². The lowest BCUT2D eigenvalue weighted by Crippen LogP contribution is -2.14. The maximum atomic E-state index is 13.0. The van der Waals surface area contributed by atoms with E-state index in [1.54, 1.807) is 12.1 Å². The standard InChI is InChI=1S/C12H10BrFN2O2S/c1-8-2-3-11(13)12(4-8)16-19(17,18)10-5-9(14)6-15-7-10/h2-7,16H,1H3. The predicted molar refractivity (Wildman–Crippen MR) is 73.9 cm³/mol. The first-order valence-electron chi connectivity index (χ1n) is 5.28. The van der Waals surface area contributed by atoms with Gasteiger partial charge >= 0.3 is 0 Å². The highest BCUT2D eigenvalue weighted by Crippen LogP contribution is 2.26. The van der Waals surface area contributed by atoms with E-state index < -0.39 is 15.8 Å². The van der Waals surface area contributed by atoms with E-state index in [1.165, 1.54) is 0 Å². The fraction of sp³-hybridized carbons (Fsp3) is 0.0833. The van der Waals surface area contributed by atoms with Crippen LogP contribution in [-0.2, 0) is 10.0 Å². The Bertz CT molecular complexity index is 719. The number of anilines is 1. The molecular weight excluding hydrogens is 335 g/mol. The topological polar surface area (TPSA) is 59.1 Å². The van der Waals surface area contributed by atoms with Crippen molar-refractivity contribution in [1.29, 1.82) is 0 Å². The molecule has 0 bridgehead atoms. The summed E-state index contributed by atoms with van der Waals surface area (Å²) in [6.45, 7) is 1.84. The van der Waals surface area contributed by atoms with E-state index in [4.69, 9.17) is 0 Å². The van der Waals surface area contributed by atoms with Gasteiger partial charge in [-0.2, -0.15) is 0 Å². The highest BCUT2D eigenvalue weighted by Gasteiger charge is 2.16. The first-order chi connectivity index (χ1) is 8.88. The zero-order valence-corrected chi connectivity index (χ0v) is 12.3. The van der Waals surface area contributed by atoms with Gasteiger partial charge < -0.3 is 0 Å². The number of hydrogen-bond donors (Lipinski definition) is 1. The highest BCUT2D eigenvalue weighted by atomic mass is 79.9. The van der Waals surface area contributed by atoms with Crippen LogP contribution in [0.2, 0.25) is 0 Å². The molecule has 1 heterocycles. The summed E-state index contributed by atoms with van der Waals surface area (Å²) >= 11 is 3.25. The number of aromatic nitrogens is 1. The second-order valence-electron chi connectivity index (χ2n) is 3.93. The Hall–Kier alpha value is -1.47. The lowest BCUT2D eigenvalue weighted by Gasteiger charge is -2.10. The van der Waals surface area contributed by atoms with Crippen LogP contribution in [0, 0.1) is 12.7 Å². The zero-order chi connectivity index (χ0) is 14.0. The molecule has 1 N–H and O–H groups in total. The number of benzene rings is 1. The van der Waals surface area contributed by atoms with E-state index >= 15 is 0 Å². The van der Waals surface area contributed by atoms with Gasteiger partial charge in [0.05, 0.1) is 11.9 Å². The van der Waals surface area contributed by atoms with Crippen molar-refractivity contribution in [3.63, 3.8) is 0 Å². The van der Waals surface area contributed by atoms with Crippen molar-refractivity contribution in [3.8, 4) is 0 Å². The van der Waals surface area contributed by atoms with E-state index in [-0.39, 0.29) is 4.90 Å². The molecule has 0 saturated heterocycles. The maximum absolute atomic E-state index is 13.0. The Balaban J connectivity index is 2.39. The van der Waals surface area contributed by atoms with Crippen molar-refractivity contribution in [1.82, 2.24) is 4.98 Å². The van der Waals surface area contributed by atoms with Crippen LogP contribution in [0.25, 0.3) is 0 Å². The van der Waals surface area contributed by atoms with Gasteiger partial charge in [-0.3, -0.25) is 9.71 Å². The second kappa shape index (κ2) is 5.26. The van der Waals surface area contributed by atoms with Crippen molar-refractivity contribution < 1.29 is 12.8 Å². The van der Waals surface area contributed by atoms with Crippen LogP contribution in [0.4, 0.5) is 10.1 Å². The molecule has 100 valence electrons. The lowest BCUT2D eigenvalue weighted by atomic mass is 10.2. The van der Waals surface area contributed by atoms with Crippen molar-refractivity contribution >= 4 is 31.6 Å². The Morgan fingerprint density at radius 2 is 2.00 bits per heavy atom. The summed E-state index contributed by atoms with van der Waals surface area (Å²) in [7, 11) is -3.86. The molecule has 19 heavy (non-hydrogen) atoms. The molecule has 0 unspecified atom stereocenters. The summed E-state index contributed by atoms with van der Waals surface area (Å²) in [6, 6.07) is 6.16. The van der Waals surface area contributed by atoms with Gasteiger partial charge in [-0.1, -0.05) is 6.07 Å². The average Bonchev–Trinajstić information content (AvgIpc) is 2.33. The number of halogens is 2.